The number of hydrogen-bond acceptors (Lipinski definition) is 2. The van der Waals surface area contributed by atoms with Gasteiger partial charge in [0, 0.05) is 17.5 Å². The Balaban J connectivity index is 3.08. The van der Waals surface area contributed by atoms with Gasteiger partial charge in [0.1, 0.15) is 0 Å². The minimum Gasteiger partial charge on any atom is -0.326 e. The first-order valence-electron chi connectivity index (χ1n) is 4.62. The summed E-state index contributed by atoms with van der Waals surface area (Å²) in [5, 5.41) is 2.85. The lowest BCUT2D eigenvalue weighted by molar-refractivity contribution is -0.114. The molecule has 0 unspecified atom stereocenters. The molecule has 0 aliphatic carbocycles. The Kier molecular flexibility index (Phi) is 4.01. The van der Waals surface area contributed by atoms with Crippen LogP contribution in [0.1, 0.15) is 19.4 Å². The monoisotopic (exact) mass is 209 g/mol. The van der Waals surface area contributed by atoms with Crippen molar-refractivity contribution >= 4 is 23.4 Å². The molecule has 1 N–H and O–H groups in total. The fourth-order valence-corrected chi connectivity index (χ4v) is 2.14. The SMILES string of the molecule is CCc1c(NC(C)=O)cccc1SC. The van der Waals surface area contributed by atoms with Crippen LogP contribution in [0.5, 0.6) is 0 Å². The summed E-state index contributed by atoms with van der Waals surface area (Å²) < 4.78 is 0. The summed E-state index contributed by atoms with van der Waals surface area (Å²) in [5.74, 6) is -0.0158. The first kappa shape index (κ1) is 11.1. The maximum Gasteiger partial charge on any atom is 0.221 e. The van der Waals surface area contributed by atoms with Crippen molar-refractivity contribution in [3.8, 4) is 0 Å². The minimum absolute atomic E-state index is 0.0158. The summed E-state index contributed by atoms with van der Waals surface area (Å²) in [4.78, 5) is 12.2. The van der Waals surface area contributed by atoms with Gasteiger partial charge in [-0.2, -0.15) is 0 Å². The van der Waals surface area contributed by atoms with E-state index < -0.39 is 0 Å². The Hall–Kier alpha value is -0.960. The van der Waals surface area contributed by atoms with Crippen molar-refractivity contribution < 1.29 is 4.79 Å². The summed E-state index contributed by atoms with van der Waals surface area (Å²) in [7, 11) is 0. The summed E-state index contributed by atoms with van der Waals surface area (Å²) in [6.07, 6.45) is 2.98. The molecule has 2 nitrogen and oxygen atoms in total. The van der Waals surface area contributed by atoms with Crippen LogP contribution in [0.4, 0.5) is 5.69 Å². The van der Waals surface area contributed by atoms with Gasteiger partial charge in [-0.05, 0) is 30.4 Å². The normalized spacial score (nSPS) is 9.93. The topological polar surface area (TPSA) is 29.1 Å². The lowest BCUT2D eigenvalue weighted by Crippen LogP contribution is -2.08. The van der Waals surface area contributed by atoms with Gasteiger partial charge in [-0.1, -0.05) is 13.0 Å². The highest BCUT2D eigenvalue weighted by molar-refractivity contribution is 7.98. The lowest BCUT2D eigenvalue weighted by atomic mass is 10.1. The molecule has 14 heavy (non-hydrogen) atoms. The van der Waals surface area contributed by atoms with Crippen molar-refractivity contribution in [2.75, 3.05) is 11.6 Å². The van der Waals surface area contributed by atoms with Crippen molar-refractivity contribution in [3.63, 3.8) is 0 Å². The van der Waals surface area contributed by atoms with Gasteiger partial charge in [0.2, 0.25) is 5.91 Å². The molecular weight excluding hydrogens is 194 g/mol. The van der Waals surface area contributed by atoms with E-state index >= 15 is 0 Å². The standard InChI is InChI=1S/C11H15NOS/c1-4-9-10(12-8(2)13)6-5-7-11(9)14-3/h5-7H,4H2,1-3H3,(H,12,13). The van der Waals surface area contributed by atoms with Crippen molar-refractivity contribution in [2.24, 2.45) is 0 Å². The van der Waals surface area contributed by atoms with Crippen LogP contribution in [0.3, 0.4) is 0 Å². The van der Waals surface area contributed by atoms with Crippen LogP contribution in [0, 0.1) is 0 Å². The summed E-state index contributed by atoms with van der Waals surface area (Å²) in [5.41, 5.74) is 2.15. The average Bonchev–Trinajstić information content (AvgIpc) is 2.16. The summed E-state index contributed by atoms with van der Waals surface area (Å²) in [6.45, 7) is 3.63. The van der Waals surface area contributed by atoms with Gasteiger partial charge in [-0.15, -0.1) is 11.8 Å². The van der Waals surface area contributed by atoms with Crippen molar-refractivity contribution in [1.82, 2.24) is 0 Å². The second kappa shape index (κ2) is 5.05. The molecule has 0 bridgehead atoms. The molecule has 76 valence electrons. The molecule has 0 heterocycles. The average molecular weight is 209 g/mol. The van der Waals surface area contributed by atoms with E-state index in [1.54, 1.807) is 11.8 Å². The molecule has 1 aromatic carbocycles. The number of amides is 1. The summed E-state index contributed by atoms with van der Waals surface area (Å²) >= 11 is 1.71. The molecule has 0 saturated carbocycles. The smallest absolute Gasteiger partial charge is 0.221 e. The molecule has 0 aliphatic heterocycles. The zero-order valence-electron chi connectivity index (χ0n) is 8.76. The Morgan fingerprint density at radius 1 is 1.50 bits per heavy atom. The predicted octanol–water partition coefficient (Wildman–Crippen LogP) is 2.93. The van der Waals surface area contributed by atoms with Crippen molar-refractivity contribution in [2.45, 2.75) is 25.2 Å². The maximum absolute atomic E-state index is 11.0. The Labute approximate surface area is 89.1 Å². The molecule has 0 radical (unpaired) electrons. The van der Waals surface area contributed by atoms with E-state index in [9.17, 15) is 4.79 Å². The second-order valence-electron chi connectivity index (χ2n) is 3.02. The fourth-order valence-electron chi connectivity index (χ4n) is 1.43. The van der Waals surface area contributed by atoms with Crippen molar-refractivity contribution in [1.29, 1.82) is 0 Å². The largest absolute Gasteiger partial charge is 0.326 e. The highest BCUT2D eigenvalue weighted by atomic mass is 32.2. The number of hydrogen-bond donors (Lipinski definition) is 1. The molecule has 1 aromatic rings. The molecule has 1 rings (SSSR count). The third kappa shape index (κ3) is 2.51. The van der Waals surface area contributed by atoms with E-state index in [-0.39, 0.29) is 5.91 Å². The third-order valence-electron chi connectivity index (χ3n) is 2.02. The Morgan fingerprint density at radius 2 is 2.21 bits per heavy atom. The maximum atomic E-state index is 11.0. The molecule has 0 atom stereocenters. The van der Waals surface area contributed by atoms with Gasteiger partial charge >= 0.3 is 0 Å². The molecule has 1 amide bonds. The molecular formula is C11H15NOS. The van der Waals surface area contributed by atoms with Crippen molar-refractivity contribution in [3.05, 3.63) is 23.8 Å². The van der Waals surface area contributed by atoms with E-state index in [0.29, 0.717) is 0 Å². The quantitative estimate of drug-likeness (QED) is 0.775. The van der Waals surface area contributed by atoms with Crippen LogP contribution in [0.15, 0.2) is 23.1 Å². The first-order chi connectivity index (χ1) is 6.69. The molecule has 3 heteroatoms. The number of thioether (sulfide) groups is 1. The number of anilines is 1. The lowest BCUT2D eigenvalue weighted by Gasteiger charge is -2.11. The first-order valence-corrected chi connectivity index (χ1v) is 5.85. The van der Waals surface area contributed by atoms with Crippen LogP contribution in [-0.4, -0.2) is 12.2 Å². The van der Waals surface area contributed by atoms with Crippen LogP contribution in [0.2, 0.25) is 0 Å². The van der Waals surface area contributed by atoms with Crippen LogP contribution >= 0.6 is 11.8 Å². The highest BCUT2D eigenvalue weighted by Gasteiger charge is 2.06. The molecule has 0 aliphatic rings. The number of rotatable bonds is 3. The van der Waals surface area contributed by atoms with Gasteiger partial charge in [0.25, 0.3) is 0 Å². The molecule has 0 fully saturated rings. The van der Waals surface area contributed by atoms with E-state index in [1.807, 2.05) is 18.4 Å². The number of carbonyl (C=O) groups excluding carboxylic acids is 1. The molecule has 0 saturated heterocycles. The van der Waals surface area contributed by atoms with E-state index in [4.69, 9.17) is 0 Å². The Bertz CT molecular complexity index is 336. The van der Waals surface area contributed by atoms with Gasteiger partial charge < -0.3 is 5.32 Å². The fraction of sp³-hybridized carbons (Fsp3) is 0.364. The van der Waals surface area contributed by atoms with Gasteiger partial charge in [0.15, 0.2) is 0 Å². The predicted molar refractivity (Wildman–Crippen MR) is 61.9 cm³/mol. The number of benzene rings is 1. The van der Waals surface area contributed by atoms with E-state index in [0.717, 1.165) is 12.1 Å². The third-order valence-corrected chi connectivity index (χ3v) is 2.84. The zero-order chi connectivity index (χ0) is 10.6. The van der Waals surface area contributed by atoms with Crippen LogP contribution in [0.25, 0.3) is 0 Å². The molecule has 0 aromatic heterocycles. The second-order valence-corrected chi connectivity index (χ2v) is 3.87. The molecule has 0 spiro atoms. The summed E-state index contributed by atoms with van der Waals surface area (Å²) in [6, 6.07) is 5.99. The number of nitrogens with one attached hydrogen (secondary N) is 1. The number of carbonyl (C=O) groups is 1. The zero-order valence-corrected chi connectivity index (χ0v) is 9.57. The van der Waals surface area contributed by atoms with Gasteiger partial charge in [0.05, 0.1) is 0 Å². The van der Waals surface area contributed by atoms with Crippen LogP contribution < -0.4 is 5.32 Å². The van der Waals surface area contributed by atoms with E-state index in [1.165, 1.54) is 17.4 Å². The van der Waals surface area contributed by atoms with Gasteiger partial charge in [-0.3, -0.25) is 4.79 Å². The van der Waals surface area contributed by atoms with E-state index in [2.05, 4.69) is 18.3 Å². The Morgan fingerprint density at radius 3 is 2.71 bits per heavy atom. The van der Waals surface area contributed by atoms with Crippen LogP contribution in [-0.2, 0) is 11.2 Å². The highest BCUT2D eigenvalue weighted by Crippen LogP contribution is 2.27. The minimum atomic E-state index is -0.0158. The van der Waals surface area contributed by atoms with Gasteiger partial charge in [-0.25, -0.2) is 0 Å².